The van der Waals surface area contributed by atoms with Crippen LogP contribution in [-0.4, -0.2) is 24.0 Å². The molecule has 0 aliphatic heterocycles. The van der Waals surface area contributed by atoms with E-state index in [1.54, 1.807) is 23.9 Å². The summed E-state index contributed by atoms with van der Waals surface area (Å²) in [6, 6.07) is 4.54. The van der Waals surface area contributed by atoms with Crippen LogP contribution in [0.1, 0.15) is 22.8 Å². The standard InChI is InChI=1S/C12H16FNOS/c1-8-4-5-11(13)10(6-8)12(15)14-7-9(2)16-3/h4-6,9H,7H2,1-3H3,(H,14,15). The molecule has 0 bridgehead atoms. The molecule has 0 heterocycles. The second kappa shape index (κ2) is 5.89. The number of carbonyl (C=O) groups is 1. The van der Waals surface area contributed by atoms with Gasteiger partial charge in [0, 0.05) is 11.8 Å². The summed E-state index contributed by atoms with van der Waals surface area (Å²) in [5.41, 5.74) is 0.998. The molecule has 0 aliphatic rings. The Balaban J connectivity index is 2.69. The SMILES string of the molecule is CSC(C)CNC(=O)c1cc(C)ccc1F. The van der Waals surface area contributed by atoms with Gasteiger partial charge < -0.3 is 5.32 Å². The first-order valence-electron chi connectivity index (χ1n) is 5.11. The second-order valence-corrected chi connectivity index (χ2v) is 5.02. The first kappa shape index (κ1) is 13.0. The van der Waals surface area contributed by atoms with Crippen molar-refractivity contribution in [3.63, 3.8) is 0 Å². The molecule has 2 nitrogen and oxygen atoms in total. The van der Waals surface area contributed by atoms with E-state index in [0.717, 1.165) is 5.56 Å². The number of hydrogen-bond acceptors (Lipinski definition) is 2. The molecule has 0 fully saturated rings. The number of amides is 1. The lowest BCUT2D eigenvalue weighted by Gasteiger charge is -2.10. The van der Waals surface area contributed by atoms with Crippen molar-refractivity contribution in [2.75, 3.05) is 12.8 Å². The van der Waals surface area contributed by atoms with Crippen LogP contribution in [0.3, 0.4) is 0 Å². The van der Waals surface area contributed by atoms with Gasteiger partial charge in [0.25, 0.3) is 5.91 Å². The highest BCUT2D eigenvalue weighted by Crippen LogP contribution is 2.10. The van der Waals surface area contributed by atoms with E-state index in [1.165, 1.54) is 6.07 Å². The van der Waals surface area contributed by atoms with Crippen LogP contribution in [0, 0.1) is 12.7 Å². The summed E-state index contributed by atoms with van der Waals surface area (Å²) in [7, 11) is 0. The van der Waals surface area contributed by atoms with Gasteiger partial charge in [0.1, 0.15) is 5.82 Å². The summed E-state index contributed by atoms with van der Waals surface area (Å²) in [6.45, 7) is 4.39. The molecule has 1 rings (SSSR count). The van der Waals surface area contributed by atoms with Gasteiger partial charge in [-0.1, -0.05) is 18.6 Å². The molecule has 88 valence electrons. The van der Waals surface area contributed by atoms with Crippen LogP contribution in [0.5, 0.6) is 0 Å². The van der Waals surface area contributed by atoms with Gasteiger partial charge in [0.15, 0.2) is 0 Å². The summed E-state index contributed by atoms with van der Waals surface area (Å²) >= 11 is 1.66. The molecule has 1 aromatic rings. The van der Waals surface area contributed by atoms with Gasteiger partial charge in [0.2, 0.25) is 0 Å². The minimum atomic E-state index is -0.472. The fourth-order valence-electron chi connectivity index (χ4n) is 1.23. The van der Waals surface area contributed by atoms with Gasteiger partial charge in [-0.15, -0.1) is 0 Å². The minimum Gasteiger partial charge on any atom is -0.351 e. The maximum Gasteiger partial charge on any atom is 0.254 e. The highest BCUT2D eigenvalue weighted by Gasteiger charge is 2.12. The molecule has 0 aliphatic carbocycles. The highest BCUT2D eigenvalue weighted by molar-refractivity contribution is 7.99. The third-order valence-electron chi connectivity index (χ3n) is 2.32. The fraction of sp³-hybridized carbons (Fsp3) is 0.417. The lowest BCUT2D eigenvalue weighted by Crippen LogP contribution is -2.30. The monoisotopic (exact) mass is 241 g/mol. The van der Waals surface area contributed by atoms with E-state index >= 15 is 0 Å². The Morgan fingerprint density at radius 3 is 2.88 bits per heavy atom. The third kappa shape index (κ3) is 3.52. The smallest absolute Gasteiger partial charge is 0.254 e. The number of halogens is 1. The second-order valence-electron chi connectivity index (χ2n) is 3.74. The van der Waals surface area contributed by atoms with E-state index in [-0.39, 0.29) is 11.5 Å². The Hall–Kier alpha value is -1.03. The largest absolute Gasteiger partial charge is 0.351 e. The molecule has 1 amide bonds. The fourth-order valence-corrected chi connectivity index (χ4v) is 1.48. The van der Waals surface area contributed by atoms with Crippen LogP contribution in [0.4, 0.5) is 4.39 Å². The van der Waals surface area contributed by atoms with Crippen molar-refractivity contribution in [1.82, 2.24) is 5.32 Å². The van der Waals surface area contributed by atoms with Crippen molar-refractivity contribution in [3.05, 3.63) is 35.1 Å². The van der Waals surface area contributed by atoms with Crippen molar-refractivity contribution in [1.29, 1.82) is 0 Å². The summed E-state index contributed by atoms with van der Waals surface area (Å²) in [5, 5.41) is 3.05. The number of carbonyl (C=O) groups excluding carboxylic acids is 1. The Morgan fingerprint density at radius 1 is 1.56 bits per heavy atom. The number of nitrogens with one attached hydrogen (secondary N) is 1. The maximum atomic E-state index is 13.4. The molecule has 1 atom stereocenters. The lowest BCUT2D eigenvalue weighted by molar-refractivity contribution is 0.0950. The van der Waals surface area contributed by atoms with E-state index in [1.807, 2.05) is 20.1 Å². The molecule has 0 saturated heterocycles. The molecule has 1 N–H and O–H groups in total. The first-order chi connectivity index (χ1) is 7.54. The molecule has 0 spiro atoms. The summed E-state index contributed by atoms with van der Waals surface area (Å²) in [6.07, 6.45) is 1.98. The van der Waals surface area contributed by atoms with E-state index in [0.29, 0.717) is 11.8 Å². The number of thioether (sulfide) groups is 1. The zero-order chi connectivity index (χ0) is 12.1. The van der Waals surface area contributed by atoms with E-state index in [9.17, 15) is 9.18 Å². The third-order valence-corrected chi connectivity index (χ3v) is 3.29. The maximum absolute atomic E-state index is 13.4. The van der Waals surface area contributed by atoms with Crippen molar-refractivity contribution in [2.45, 2.75) is 19.1 Å². The molecule has 4 heteroatoms. The Kier molecular flexibility index (Phi) is 4.80. The lowest BCUT2D eigenvalue weighted by atomic mass is 10.1. The molecule has 0 saturated carbocycles. The number of rotatable bonds is 4. The number of hydrogen-bond donors (Lipinski definition) is 1. The molecule has 1 aromatic carbocycles. The number of benzene rings is 1. The summed E-state index contributed by atoms with van der Waals surface area (Å²) in [4.78, 5) is 11.7. The number of aryl methyl sites for hydroxylation is 1. The van der Waals surface area contributed by atoms with Crippen LogP contribution in [0.25, 0.3) is 0 Å². The van der Waals surface area contributed by atoms with Crippen LogP contribution in [0.2, 0.25) is 0 Å². The zero-order valence-electron chi connectivity index (χ0n) is 9.71. The molecular formula is C12H16FNOS. The molecule has 1 unspecified atom stereocenters. The van der Waals surface area contributed by atoms with Gasteiger partial charge >= 0.3 is 0 Å². The molecular weight excluding hydrogens is 225 g/mol. The Labute approximate surface area is 99.6 Å². The summed E-state index contributed by atoms with van der Waals surface area (Å²) < 4.78 is 13.4. The topological polar surface area (TPSA) is 29.1 Å². The predicted molar refractivity (Wildman–Crippen MR) is 66.4 cm³/mol. The normalized spacial score (nSPS) is 12.2. The summed E-state index contributed by atoms with van der Waals surface area (Å²) in [5.74, 6) is -0.818. The van der Waals surface area contributed by atoms with Crippen molar-refractivity contribution >= 4 is 17.7 Å². The molecule has 16 heavy (non-hydrogen) atoms. The zero-order valence-corrected chi connectivity index (χ0v) is 10.5. The van der Waals surface area contributed by atoms with Crippen LogP contribution >= 0.6 is 11.8 Å². The van der Waals surface area contributed by atoms with Crippen LogP contribution in [-0.2, 0) is 0 Å². The van der Waals surface area contributed by atoms with Crippen molar-refractivity contribution < 1.29 is 9.18 Å². The minimum absolute atomic E-state index is 0.119. The van der Waals surface area contributed by atoms with Gasteiger partial charge in [0.05, 0.1) is 5.56 Å². The van der Waals surface area contributed by atoms with E-state index in [2.05, 4.69) is 5.32 Å². The van der Waals surface area contributed by atoms with Crippen molar-refractivity contribution in [3.8, 4) is 0 Å². The van der Waals surface area contributed by atoms with Gasteiger partial charge in [-0.3, -0.25) is 4.79 Å². The molecule has 0 aromatic heterocycles. The van der Waals surface area contributed by atoms with E-state index in [4.69, 9.17) is 0 Å². The van der Waals surface area contributed by atoms with Crippen molar-refractivity contribution in [2.24, 2.45) is 0 Å². The Bertz CT molecular complexity index is 381. The average Bonchev–Trinajstić information content (AvgIpc) is 2.28. The molecule has 0 radical (unpaired) electrons. The quantitative estimate of drug-likeness (QED) is 0.878. The van der Waals surface area contributed by atoms with Gasteiger partial charge in [-0.25, -0.2) is 4.39 Å². The highest BCUT2D eigenvalue weighted by atomic mass is 32.2. The average molecular weight is 241 g/mol. The first-order valence-corrected chi connectivity index (χ1v) is 6.40. The van der Waals surface area contributed by atoms with Gasteiger partial charge in [-0.2, -0.15) is 11.8 Å². The predicted octanol–water partition coefficient (Wildman–Crippen LogP) is 2.62. The van der Waals surface area contributed by atoms with Gasteiger partial charge in [-0.05, 0) is 25.3 Å². The van der Waals surface area contributed by atoms with Crippen LogP contribution in [0.15, 0.2) is 18.2 Å². The van der Waals surface area contributed by atoms with E-state index < -0.39 is 5.82 Å². The Morgan fingerprint density at radius 2 is 2.25 bits per heavy atom. The van der Waals surface area contributed by atoms with Crippen LogP contribution < -0.4 is 5.32 Å².